The van der Waals surface area contributed by atoms with Crippen LogP contribution in [0.3, 0.4) is 0 Å². The molecule has 7 heteroatoms. The predicted molar refractivity (Wildman–Crippen MR) is 137 cm³/mol. The van der Waals surface area contributed by atoms with E-state index in [1.54, 1.807) is 30.3 Å². The monoisotopic (exact) mass is 481 g/mol. The van der Waals surface area contributed by atoms with E-state index in [-0.39, 0.29) is 11.4 Å². The topological polar surface area (TPSA) is 109 Å². The predicted octanol–water partition coefficient (Wildman–Crippen LogP) is 6.75. The molecule has 4 aromatic carbocycles. The molecule has 0 bridgehead atoms. The lowest BCUT2D eigenvalue weighted by atomic mass is 9.96. The number of para-hydroxylation sites is 1. The molecule has 0 aliphatic heterocycles. The first kappa shape index (κ1) is 23.0. The van der Waals surface area contributed by atoms with E-state index in [9.17, 15) is 19.8 Å². The molecular formula is C29H23NO6. The highest BCUT2D eigenvalue weighted by Crippen LogP contribution is 2.37. The van der Waals surface area contributed by atoms with Gasteiger partial charge >= 0.3 is 12.1 Å². The fourth-order valence-electron chi connectivity index (χ4n) is 4.55. The fraction of sp³-hybridized carbons (Fsp3) is 0.103. The molecule has 7 nitrogen and oxygen atoms in total. The molecule has 0 fully saturated rings. The third-order valence-corrected chi connectivity index (χ3v) is 6.12. The number of benzene rings is 4. The Morgan fingerprint density at radius 3 is 2.31 bits per heavy atom. The van der Waals surface area contributed by atoms with Crippen molar-refractivity contribution in [2.45, 2.75) is 12.8 Å². The highest BCUT2D eigenvalue weighted by molar-refractivity contribution is 6.04. The van der Waals surface area contributed by atoms with Crippen LogP contribution in [0.1, 0.15) is 22.3 Å². The van der Waals surface area contributed by atoms with Crippen LogP contribution in [0.4, 0.5) is 4.79 Å². The minimum Gasteiger partial charge on any atom is -0.493 e. The second-order valence-electron chi connectivity index (χ2n) is 8.31. The molecule has 0 unspecified atom stereocenters. The molecule has 5 rings (SSSR count). The summed E-state index contributed by atoms with van der Waals surface area (Å²) in [7, 11) is 0. The van der Waals surface area contributed by atoms with Gasteiger partial charge in [0.1, 0.15) is 5.75 Å². The van der Waals surface area contributed by atoms with Gasteiger partial charge in [-0.05, 0) is 35.9 Å². The maximum Gasteiger partial charge on any atom is 0.512 e. The number of carboxylic acids is 1. The van der Waals surface area contributed by atoms with Crippen molar-refractivity contribution in [3.05, 3.63) is 96.1 Å². The Balaban J connectivity index is 1.45. The van der Waals surface area contributed by atoms with Gasteiger partial charge < -0.3 is 24.7 Å². The van der Waals surface area contributed by atoms with Crippen LogP contribution in [-0.4, -0.2) is 33.9 Å². The molecule has 36 heavy (non-hydrogen) atoms. The number of carbonyl (C=O) groups is 2. The molecule has 5 aromatic rings. The van der Waals surface area contributed by atoms with Crippen molar-refractivity contribution >= 4 is 33.8 Å². The van der Waals surface area contributed by atoms with Crippen molar-refractivity contribution in [2.24, 2.45) is 0 Å². The molecule has 0 spiro atoms. The normalized spacial score (nSPS) is 11.0. The van der Waals surface area contributed by atoms with E-state index in [0.29, 0.717) is 41.7 Å². The largest absolute Gasteiger partial charge is 0.512 e. The lowest BCUT2D eigenvalue weighted by Gasteiger charge is -2.10. The lowest BCUT2D eigenvalue weighted by Crippen LogP contribution is -2.06. The Morgan fingerprint density at radius 1 is 0.778 bits per heavy atom. The van der Waals surface area contributed by atoms with Gasteiger partial charge in [0.05, 0.1) is 17.7 Å². The third-order valence-electron chi connectivity index (χ3n) is 6.12. The average molecular weight is 482 g/mol. The number of fused-ring (bicyclic) bond motifs is 2. The Morgan fingerprint density at radius 2 is 1.47 bits per heavy atom. The quantitative estimate of drug-likeness (QED) is 0.167. The van der Waals surface area contributed by atoms with Gasteiger partial charge in [0, 0.05) is 21.9 Å². The van der Waals surface area contributed by atoms with Crippen LogP contribution < -0.4 is 9.47 Å². The smallest absolute Gasteiger partial charge is 0.493 e. The molecule has 0 saturated carbocycles. The number of aromatic amines is 1. The lowest BCUT2D eigenvalue weighted by molar-refractivity contribution is 0.0697. The van der Waals surface area contributed by atoms with Crippen LogP contribution in [0.2, 0.25) is 0 Å². The van der Waals surface area contributed by atoms with Gasteiger partial charge in [0.2, 0.25) is 5.88 Å². The molecule has 1 aromatic heterocycles. The number of aromatic nitrogens is 1. The van der Waals surface area contributed by atoms with Crippen LogP contribution >= 0.6 is 0 Å². The van der Waals surface area contributed by atoms with E-state index in [1.807, 2.05) is 54.6 Å². The second kappa shape index (κ2) is 9.84. The summed E-state index contributed by atoms with van der Waals surface area (Å²) in [5.41, 5.74) is 2.66. The Hall–Kier alpha value is -4.78. The number of hydrogen-bond acceptors (Lipinski definition) is 4. The summed E-state index contributed by atoms with van der Waals surface area (Å²) in [6.45, 7) is 0.425. The Kier molecular flexibility index (Phi) is 6.28. The van der Waals surface area contributed by atoms with Crippen molar-refractivity contribution in [3.63, 3.8) is 0 Å². The SMILES string of the molecule is O=C(O)Oc1[nH]c2c(-c3ccccc3C(=O)O)cccc2c1CCCOc1cccc2ccccc12. The summed E-state index contributed by atoms with van der Waals surface area (Å²) < 4.78 is 11.1. The first-order chi connectivity index (χ1) is 17.5. The number of H-pyrrole nitrogens is 1. The van der Waals surface area contributed by atoms with E-state index < -0.39 is 12.1 Å². The van der Waals surface area contributed by atoms with Crippen LogP contribution in [0.5, 0.6) is 11.6 Å². The molecule has 1 heterocycles. The summed E-state index contributed by atoms with van der Waals surface area (Å²) in [5, 5.41) is 21.8. The fourth-order valence-corrected chi connectivity index (χ4v) is 4.55. The van der Waals surface area contributed by atoms with E-state index >= 15 is 0 Å². The Bertz CT molecular complexity index is 1580. The number of aryl methyl sites for hydroxylation is 1. The number of ether oxygens (including phenoxy) is 2. The molecular weight excluding hydrogens is 458 g/mol. The van der Waals surface area contributed by atoms with Gasteiger partial charge in [-0.1, -0.05) is 72.8 Å². The molecule has 3 N–H and O–H groups in total. The maximum atomic E-state index is 11.8. The van der Waals surface area contributed by atoms with Gasteiger partial charge in [0.25, 0.3) is 0 Å². The third kappa shape index (κ3) is 4.46. The summed E-state index contributed by atoms with van der Waals surface area (Å²) in [6.07, 6.45) is -0.318. The molecule has 180 valence electrons. The van der Waals surface area contributed by atoms with Gasteiger partial charge in [-0.2, -0.15) is 0 Å². The van der Waals surface area contributed by atoms with Crippen molar-refractivity contribution in [2.75, 3.05) is 6.61 Å². The number of carboxylic acid groups (broad SMARTS) is 2. The van der Waals surface area contributed by atoms with Crippen LogP contribution in [-0.2, 0) is 6.42 Å². The van der Waals surface area contributed by atoms with Gasteiger partial charge in [-0.3, -0.25) is 0 Å². The van der Waals surface area contributed by atoms with Crippen molar-refractivity contribution in [1.29, 1.82) is 0 Å². The van der Waals surface area contributed by atoms with Crippen molar-refractivity contribution in [3.8, 4) is 22.8 Å². The number of aromatic carboxylic acids is 1. The standard InChI is InChI=1S/C29H23NO6/c31-28(32)24-12-4-3-11-20(24)21-13-6-14-22-23(27(30-26(21)22)36-29(33)34)15-7-17-35-25-16-5-9-18-8-1-2-10-19(18)25/h1-6,8-14,16,30H,7,15,17H2,(H,31,32)(H,33,34). The zero-order valence-corrected chi connectivity index (χ0v) is 19.2. The van der Waals surface area contributed by atoms with E-state index in [0.717, 1.165) is 21.9 Å². The molecule has 0 atom stereocenters. The summed E-state index contributed by atoms with van der Waals surface area (Å²) in [5.74, 6) is -0.119. The minimum absolute atomic E-state index is 0.128. The summed E-state index contributed by atoms with van der Waals surface area (Å²) >= 11 is 0. The molecule has 0 saturated heterocycles. The number of rotatable bonds is 8. The summed E-state index contributed by atoms with van der Waals surface area (Å²) in [4.78, 5) is 26.3. The zero-order valence-electron chi connectivity index (χ0n) is 19.2. The number of nitrogens with one attached hydrogen (secondary N) is 1. The van der Waals surface area contributed by atoms with E-state index in [1.165, 1.54) is 0 Å². The van der Waals surface area contributed by atoms with Gasteiger partial charge in [-0.25, -0.2) is 9.59 Å². The first-order valence-corrected chi connectivity index (χ1v) is 11.5. The van der Waals surface area contributed by atoms with Gasteiger partial charge in [-0.15, -0.1) is 0 Å². The number of hydrogen-bond donors (Lipinski definition) is 3. The molecule has 0 aliphatic carbocycles. The van der Waals surface area contributed by atoms with Crippen LogP contribution in [0, 0.1) is 0 Å². The maximum absolute atomic E-state index is 11.8. The molecule has 0 amide bonds. The van der Waals surface area contributed by atoms with E-state index in [2.05, 4.69) is 4.98 Å². The van der Waals surface area contributed by atoms with Gasteiger partial charge in [0.15, 0.2) is 0 Å². The first-order valence-electron chi connectivity index (χ1n) is 11.5. The van der Waals surface area contributed by atoms with Crippen LogP contribution in [0.25, 0.3) is 32.8 Å². The average Bonchev–Trinajstić information content (AvgIpc) is 3.23. The highest BCUT2D eigenvalue weighted by atomic mass is 16.7. The highest BCUT2D eigenvalue weighted by Gasteiger charge is 2.20. The van der Waals surface area contributed by atoms with E-state index in [4.69, 9.17) is 9.47 Å². The van der Waals surface area contributed by atoms with Crippen molar-refractivity contribution in [1.82, 2.24) is 4.98 Å². The van der Waals surface area contributed by atoms with Crippen molar-refractivity contribution < 1.29 is 29.3 Å². The Labute approximate surface area is 206 Å². The zero-order chi connectivity index (χ0) is 25.1. The molecule has 0 aliphatic rings. The minimum atomic E-state index is -1.43. The van der Waals surface area contributed by atoms with Crippen LogP contribution in [0.15, 0.2) is 84.9 Å². The second-order valence-corrected chi connectivity index (χ2v) is 8.31. The summed E-state index contributed by atoms with van der Waals surface area (Å²) in [6, 6.07) is 26.1. The molecule has 0 radical (unpaired) electrons.